The van der Waals surface area contributed by atoms with Gasteiger partial charge < -0.3 is 9.80 Å². The van der Waals surface area contributed by atoms with E-state index < -0.39 is 0 Å². The number of rotatable bonds is 8. The van der Waals surface area contributed by atoms with Crippen LogP contribution in [0.5, 0.6) is 0 Å². The van der Waals surface area contributed by atoms with Gasteiger partial charge >= 0.3 is 0 Å². The van der Waals surface area contributed by atoms with Gasteiger partial charge in [0.2, 0.25) is 0 Å². The van der Waals surface area contributed by atoms with Crippen LogP contribution < -0.4 is 0 Å². The topological polar surface area (TPSA) is 6.48 Å². The number of benzene rings is 1. The van der Waals surface area contributed by atoms with Gasteiger partial charge in [-0.05, 0) is 159 Å². The number of hydrogen-bond acceptors (Lipinski definition) is 2. The Hall–Kier alpha value is -1.38. The smallest absolute Gasteiger partial charge is 0.0110 e. The molecule has 1 saturated heterocycles. The lowest BCUT2D eigenvalue weighted by Crippen LogP contribution is -2.61. The van der Waals surface area contributed by atoms with Crippen LogP contribution in [0.15, 0.2) is 42.5 Å². The monoisotopic (exact) mass is 739 g/mol. The molecule has 7 aliphatic rings. The van der Waals surface area contributed by atoms with Gasteiger partial charge in [-0.25, -0.2) is 0 Å². The Morgan fingerprint density at radius 3 is 2.07 bits per heavy atom. The van der Waals surface area contributed by atoms with Crippen LogP contribution in [0.3, 0.4) is 0 Å². The van der Waals surface area contributed by atoms with E-state index in [2.05, 4.69) is 116 Å². The molecule has 1 aliphatic heterocycles. The molecule has 9 unspecified atom stereocenters. The van der Waals surface area contributed by atoms with Crippen molar-refractivity contribution in [3.63, 3.8) is 0 Å². The molecule has 1 heterocycles. The molecule has 2 nitrogen and oxygen atoms in total. The third-order valence-corrected chi connectivity index (χ3v) is 17.7. The molecule has 54 heavy (non-hydrogen) atoms. The van der Waals surface area contributed by atoms with E-state index in [0.717, 1.165) is 41.4 Å². The standard InChI is InChI=1S/C35H50.C13H28N2.C4H8/c1-23(2)35-19-8-9-29(35)26-14-15-31-33(6,28(26)17-22-35)21-18-30-32(4,5)27(16-20-34(30,31)7)25-12-10-24(3)11-13-25;1-4-6-7-13(3)12-15-10-8-14(5-2)9-11-15;1-4-2-3-4/h10-13,16,26,28-31H,1,8-9,14-15,17-22H2,2-7H3;13H,4-12H2,1-3H3;4H,2-3H2,1H3. The highest BCUT2D eigenvalue weighted by Gasteiger charge is 2.65. The molecule has 8 rings (SSSR count). The van der Waals surface area contributed by atoms with Gasteiger partial charge in [0.15, 0.2) is 0 Å². The summed E-state index contributed by atoms with van der Waals surface area (Å²) < 4.78 is 0. The molecule has 5 saturated carbocycles. The average molecular weight is 739 g/mol. The number of likely N-dealkylation sites (N-methyl/N-ethyl adjacent to an activating group) is 1. The molecule has 0 amide bonds. The van der Waals surface area contributed by atoms with Crippen molar-refractivity contribution in [3.8, 4) is 0 Å². The summed E-state index contributed by atoms with van der Waals surface area (Å²) in [6, 6.07) is 9.36. The molecule has 304 valence electrons. The SMILES string of the molecule is C=C(C)C12CCCC1C1CCC3C(C)(CCC4C(C)(C)C(c5ccc(C)cc5)=CCC43C)C1CC2.CC1CC1.CCCCC(C)CN1CCN(CC)CC1. The minimum Gasteiger partial charge on any atom is -0.301 e. The highest BCUT2D eigenvalue weighted by molar-refractivity contribution is 5.71. The van der Waals surface area contributed by atoms with E-state index in [1.54, 1.807) is 5.57 Å². The second kappa shape index (κ2) is 17.2. The Labute approximate surface area is 335 Å². The highest BCUT2D eigenvalue weighted by Crippen LogP contribution is 2.73. The molecular weight excluding hydrogens is 653 g/mol. The van der Waals surface area contributed by atoms with Crippen molar-refractivity contribution in [1.29, 1.82) is 0 Å². The fourth-order valence-corrected chi connectivity index (χ4v) is 14.3. The number of aryl methyl sites for hydroxylation is 1. The molecule has 9 atom stereocenters. The molecule has 1 aromatic carbocycles. The predicted molar refractivity (Wildman–Crippen MR) is 236 cm³/mol. The first-order chi connectivity index (χ1) is 25.7. The minimum atomic E-state index is 0.244. The number of allylic oxidation sites excluding steroid dienone is 3. The Balaban J connectivity index is 0.000000217. The fraction of sp³-hybridized carbons (Fsp3) is 0.808. The highest BCUT2D eigenvalue weighted by atomic mass is 15.3. The largest absolute Gasteiger partial charge is 0.301 e. The zero-order chi connectivity index (χ0) is 38.9. The van der Waals surface area contributed by atoms with Gasteiger partial charge in [-0.15, -0.1) is 0 Å². The number of nitrogens with zero attached hydrogens (tertiary/aromatic N) is 2. The van der Waals surface area contributed by atoms with Gasteiger partial charge in [-0.2, -0.15) is 0 Å². The number of fused-ring (bicyclic) bond motifs is 7. The van der Waals surface area contributed by atoms with E-state index in [4.69, 9.17) is 0 Å². The summed E-state index contributed by atoms with van der Waals surface area (Å²) in [6.45, 7) is 36.7. The van der Waals surface area contributed by atoms with E-state index in [9.17, 15) is 0 Å². The fourth-order valence-electron chi connectivity index (χ4n) is 14.3. The Morgan fingerprint density at radius 2 is 1.46 bits per heavy atom. The van der Waals surface area contributed by atoms with Crippen LogP contribution >= 0.6 is 0 Å². The van der Waals surface area contributed by atoms with Crippen molar-refractivity contribution in [2.45, 2.75) is 166 Å². The minimum absolute atomic E-state index is 0.244. The van der Waals surface area contributed by atoms with E-state index in [0.29, 0.717) is 16.2 Å². The van der Waals surface area contributed by atoms with E-state index >= 15 is 0 Å². The lowest BCUT2D eigenvalue weighted by Gasteiger charge is -2.68. The van der Waals surface area contributed by atoms with Gasteiger partial charge in [0.05, 0.1) is 0 Å². The van der Waals surface area contributed by atoms with Crippen LogP contribution in [0.2, 0.25) is 0 Å². The van der Waals surface area contributed by atoms with Crippen molar-refractivity contribution in [3.05, 3.63) is 53.6 Å². The number of unbranched alkanes of at least 4 members (excludes halogenated alkanes) is 1. The van der Waals surface area contributed by atoms with Crippen LogP contribution in [0, 0.1) is 70.0 Å². The normalized spacial score (nSPS) is 37.8. The molecule has 2 heteroatoms. The first-order valence-electron chi connectivity index (χ1n) is 23.6. The second-order valence-corrected chi connectivity index (χ2v) is 21.6. The van der Waals surface area contributed by atoms with Crippen molar-refractivity contribution in [1.82, 2.24) is 9.80 Å². The summed E-state index contributed by atoms with van der Waals surface area (Å²) in [5.74, 6) is 6.47. The lowest BCUT2D eigenvalue weighted by atomic mass is 9.36. The van der Waals surface area contributed by atoms with Crippen LogP contribution in [-0.4, -0.2) is 49.1 Å². The molecule has 1 aromatic rings. The van der Waals surface area contributed by atoms with Crippen molar-refractivity contribution in [2.75, 3.05) is 39.3 Å². The second-order valence-electron chi connectivity index (χ2n) is 21.6. The number of piperazine rings is 1. The molecule has 6 fully saturated rings. The molecule has 0 aromatic heterocycles. The summed E-state index contributed by atoms with van der Waals surface area (Å²) in [4.78, 5) is 5.19. The van der Waals surface area contributed by atoms with Crippen LogP contribution in [0.4, 0.5) is 0 Å². The molecule has 0 N–H and O–H groups in total. The molecule has 0 radical (unpaired) electrons. The maximum Gasteiger partial charge on any atom is 0.0110 e. The summed E-state index contributed by atoms with van der Waals surface area (Å²) >= 11 is 0. The van der Waals surface area contributed by atoms with Gasteiger partial charge in [0, 0.05) is 32.7 Å². The summed E-state index contributed by atoms with van der Waals surface area (Å²) in [5.41, 5.74) is 7.67. The Bertz CT molecular complexity index is 1410. The van der Waals surface area contributed by atoms with Crippen molar-refractivity contribution in [2.24, 2.45) is 63.1 Å². The van der Waals surface area contributed by atoms with E-state index in [-0.39, 0.29) is 5.41 Å². The summed E-state index contributed by atoms with van der Waals surface area (Å²) in [5, 5.41) is 0. The molecule has 0 bridgehead atoms. The Kier molecular flexibility index (Phi) is 13.5. The predicted octanol–water partition coefficient (Wildman–Crippen LogP) is 13.9. The molecule has 6 aliphatic carbocycles. The quantitative estimate of drug-likeness (QED) is 0.245. The molecule has 0 spiro atoms. The maximum atomic E-state index is 4.56. The third kappa shape index (κ3) is 8.43. The van der Waals surface area contributed by atoms with Gasteiger partial charge in [-0.3, -0.25) is 0 Å². The zero-order valence-electron chi connectivity index (χ0n) is 37.4. The first-order valence-corrected chi connectivity index (χ1v) is 23.6. The van der Waals surface area contributed by atoms with Crippen molar-refractivity contribution >= 4 is 5.57 Å². The average Bonchev–Trinajstić information content (AvgIpc) is 3.79. The lowest BCUT2D eigenvalue weighted by molar-refractivity contribution is -0.175. The number of hydrogen-bond donors (Lipinski definition) is 0. The van der Waals surface area contributed by atoms with Crippen LogP contribution in [-0.2, 0) is 0 Å². The van der Waals surface area contributed by atoms with Gasteiger partial charge in [0.1, 0.15) is 0 Å². The third-order valence-electron chi connectivity index (χ3n) is 17.7. The Morgan fingerprint density at radius 1 is 0.796 bits per heavy atom. The molecular formula is C52H86N2. The summed E-state index contributed by atoms with van der Waals surface area (Å²) in [6.07, 6.45) is 24.2. The van der Waals surface area contributed by atoms with E-state index in [1.807, 2.05) is 0 Å². The first kappa shape index (κ1) is 42.2. The zero-order valence-corrected chi connectivity index (χ0v) is 37.4. The van der Waals surface area contributed by atoms with Crippen molar-refractivity contribution < 1.29 is 0 Å². The summed E-state index contributed by atoms with van der Waals surface area (Å²) in [7, 11) is 0. The van der Waals surface area contributed by atoms with Gasteiger partial charge in [-0.1, -0.05) is 136 Å². The van der Waals surface area contributed by atoms with Gasteiger partial charge in [0.25, 0.3) is 0 Å². The van der Waals surface area contributed by atoms with Crippen LogP contribution in [0.1, 0.15) is 170 Å². The maximum absolute atomic E-state index is 4.56. The van der Waals surface area contributed by atoms with Crippen LogP contribution in [0.25, 0.3) is 5.57 Å². The van der Waals surface area contributed by atoms with E-state index in [1.165, 1.54) is 152 Å².